The molecule has 1 unspecified atom stereocenters. The Morgan fingerprint density at radius 3 is 2.67 bits per heavy atom. The fourth-order valence-corrected chi connectivity index (χ4v) is 1.57. The van der Waals surface area contributed by atoms with Crippen LogP contribution in [0.1, 0.15) is 25.3 Å². The van der Waals surface area contributed by atoms with Crippen molar-refractivity contribution in [3.63, 3.8) is 0 Å². The summed E-state index contributed by atoms with van der Waals surface area (Å²) in [7, 11) is 0. The molecule has 98 valence electrons. The molecule has 0 spiro atoms. The first-order valence-corrected chi connectivity index (χ1v) is 5.60. The van der Waals surface area contributed by atoms with Crippen molar-refractivity contribution in [2.75, 3.05) is 0 Å². The molecule has 18 heavy (non-hydrogen) atoms. The maximum atomic E-state index is 10.9. The molecule has 0 aliphatic rings. The molecular formula is C12H15NO5. The van der Waals surface area contributed by atoms with Gasteiger partial charge in [-0.2, -0.15) is 0 Å². The molecule has 0 radical (unpaired) electrons. The van der Waals surface area contributed by atoms with Crippen molar-refractivity contribution in [2.45, 2.75) is 32.8 Å². The summed E-state index contributed by atoms with van der Waals surface area (Å²) in [5.74, 6) is -0.702. The standard InChI is InChI=1S/C12H15NO5/c1-3-4-11(12(14)15)18-9-5-6-10(13(16)17)8(2)7-9/h5-7,11H,3-4H2,1-2H3,(H,14,15). The average Bonchev–Trinajstić information content (AvgIpc) is 2.27. The first kappa shape index (κ1) is 14.0. The number of carboxylic acids is 1. The topological polar surface area (TPSA) is 89.7 Å². The Kier molecular flexibility index (Phi) is 4.65. The summed E-state index contributed by atoms with van der Waals surface area (Å²) in [5, 5.41) is 19.6. The van der Waals surface area contributed by atoms with Gasteiger partial charge in [-0.25, -0.2) is 4.79 Å². The van der Waals surface area contributed by atoms with Crippen LogP contribution < -0.4 is 4.74 Å². The van der Waals surface area contributed by atoms with Crippen molar-refractivity contribution in [1.29, 1.82) is 0 Å². The summed E-state index contributed by atoms with van der Waals surface area (Å²) in [6.45, 7) is 3.45. The number of ether oxygens (including phenoxy) is 1. The summed E-state index contributed by atoms with van der Waals surface area (Å²) in [6.07, 6.45) is 0.157. The molecule has 6 heteroatoms. The minimum absolute atomic E-state index is 0.00952. The van der Waals surface area contributed by atoms with E-state index < -0.39 is 17.0 Å². The lowest BCUT2D eigenvalue weighted by molar-refractivity contribution is -0.385. The lowest BCUT2D eigenvalue weighted by Crippen LogP contribution is -2.26. The highest BCUT2D eigenvalue weighted by Gasteiger charge is 2.19. The fourth-order valence-electron chi connectivity index (χ4n) is 1.57. The van der Waals surface area contributed by atoms with Gasteiger partial charge in [0.25, 0.3) is 5.69 Å². The molecule has 0 bridgehead atoms. The van der Waals surface area contributed by atoms with Crippen LogP contribution in [-0.4, -0.2) is 22.1 Å². The molecule has 0 saturated heterocycles. The van der Waals surface area contributed by atoms with Crippen LogP contribution in [0.3, 0.4) is 0 Å². The number of rotatable bonds is 6. The fraction of sp³-hybridized carbons (Fsp3) is 0.417. The van der Waals surface area contributed by atoms with E-state index >= 15 is 0 Å². The number of aryl methyl sites for hydroxylation is 1. The van der Waals surface area contributed by atoms with Gasteiger partial charge in [-0.05, 0) is 25.5 Å². The Bertz CT molecular complexity index is 458. The molecule has 0 aliphatic heterocycles. The Morgan fingerprint density at radius 1 is 1.56 bits per heavy atom. The molecule has 1 aromatic rings. The minimum atomic E-state index is -1.03. The van der Waals surface area contributed by atoms with E-state index in [1.807, 2.05) is 6.92 Å². The van der Waals surface area contributed by atoms with Crippen molar-refractivity contribution in [2.24, 2.45) is 0 Å². The normalized spacial score (nSPS) is 11.9. The molecule has 0 saturated carbocycles. The molecule has 1 aromatic carbocycles. The lowest BCUT2D eigenvalue weighted by Gasteiger charge is -2.14. The van der Waals surface area contributed by atoms with Crippen LogP contribution in [0.4, 0.5) is 5.69 Å². The second kappa shape index (κ2) is 6.00. The number of nitro benzene ring substituents is 1. The number of nitrogens with zero attached hydrogens (tertiary/aromatic N) is 1. The lowest BCUT2D eigenvalue weighted by atomic mass is 10.2. The zero-order valence-corrected chi connectivity index (χ0v) is 10.3. The van der Waals surface area contributed by atoms with Gasteiger partial charge in [-0.15, -0.1) is 0 Å². The van der Waals surface area contributed by atoms with Crippen LogP contribution in [0.2, 0.25) is 0 Å². The zero-order valence-electron chi connectivity index (χ0n) is 10.3. The largest absolute Gasteiger partial charge is 0.479 e. The monoisotopic (exact) mass is 253 g/mol. The number of nitro groups is 1. The Morgan fingerprint density at radius 2 is 2.22 bits per heavy atom. The second-order valence-electron chi connectivity index (χ2n) is 3.94. The average molecular weight is 253 g/mol. The minimum Gasteiger partial charge on any atom is -0.479 e. The van der Waals surface area contributed by atoms with Gasteiger partial charge in [0.15, 0.2) is 6.10 Å². The van der Waals surface area contributed by atoms with E-state index in [1.165, 1.54) is 18.2 Å². The number of hydrogen-bond acceptors (Lipinski definition) is 4. The van der Waals surface area contributed by atoms with Crippen LogP contribution >= 0.6 is 0 Å². The summed E-state index contributed by atoms with van der Waals surface area (Å²) in [6, 6.07) is 4.20. The van der Waals surface area contributed by atoms with Crippen LogP contribution in [0.15, 0.2) is 18.2 Å². The smallest absolute Gasteiger partial charge is 0.344 e. The van der Waals surface area contributed by atoms with Gasteiger partial charge >= 0.3 is 5.97 Å². The van der Waals surface area contributed by atoms with Gasteiger partial charge in [0.2, 0.25) is 0 Å². The predicted octanol–water partition coefficient (Wildman–Crippen LogP) is 2.54. The third-order valence-electron chi connectivity index (χ3n) is 2.47. The van der Waals surface area contributed by atoms with E-state index in [0.717, 1.165) is 0 Å². The summed E-state index contributed by atoms with van der Waals surface area (Å²) in [5.41, 5.74) is 0.433. The van der Waals surface area contributed by atoms with Crippen molar-refractivity contribution in [3.05, 3.63) is 33.9 Å². The van der Waals surface area contributed by atoms with Crippen molar-refractivity contribution < 1.29 is 19.6 Å². The predicted molar refractivity (Wildman–Crippen MR) is 64.8 cm³/mol. The van der Waals surface area contributed by atoms with Crippen LogP contribution in [0, 0.1) is 17.0 Å². The highest BCUT2D eigenvalue weighted by molar-refractivity contribution is 5.72. The van der Waals surface area contributed by atoms with Crippen molar-refractivity contribution in [1.82, 2.24) is 0 Å². The zero-order chi connectivity index (χ0) is 13.7. The SMILES string of the molecule is CCCC(Oc1ccc([N+](=O)[O-])c(C)c1)C(=O)O. The van der Waals surface area contributed by atoms with Gasteiger partial charge in [-0.1, -0.05) is 13.3 Å². The molecule has 1 atom stereocenters. The molecule has 0 aliphatic carbocycles. The molecule has 0 aromatic heterocycles. The van der Waals surface area contributed by atoms with E-state index in [4.69, 9.17) is 9.84 Å². The molecule has 0 fully saturated rings. The Hall–Kier alpha value is -2.11. The van der Waals surface area contributed by atoms with Crippen LogP contribution in [0.25, 0.3) is 0 Å². The van der Waals surface area contributed by atoms with Gasteiger partial charge in [0, 0.05) is 11.6 Å². The van der Waals surface area contributed by atoms with Gasteiger partial charge in [-0.3, -0.25) is 10.1 Å². The molecular weight excluding hydrogens is 238 g/mol. The van der Waals surface area contributed by atoms with Gasteiger partial charge < -0.3 is 9.84 Å². The second-order valence-corrected chi connectivity index (χ2v) is 3.94. The summed E-state index contributed by atoms with van der Waals surface area (Å²) >= 11 is 0. The number of hydrogen-bond donors (Lipinski definition) is 1. The first-order chi connectivity index (χ1) is 8.45. The number of carbonyl (C=O) groups is 1. The molecule has 6 nitrogen and oxygen atoms in total. The molecule has 1 N–H and O–H groups in total. The summed E-state index contributed by atoms with van der Waals surface area (Å²) < 4.78 is 5.31. The molecule has 1 rings (SSSR count). The molecule has 0 amide bonds. The van der Waals surface area contributed by atoms with Crippen molar-refractivity contribution in [3.8, 4) is 5.75 Å². The van der Waals surface area contributed by atoms with Crippen LogP contribution in [0.5, 0.6) is 5.75 Å². The number of carboxylic acid groups (broad SMARTS) is 1. The highest BCUT2D eigenvalue weighted by atomic mass is 16.6. The third kappa shape index (κ3) is 3.44. The quantitative estimate of drug-likeness (QED) is 0.621. The molecule has 0 heterocycles. The first-order valence-electron chi connectivity index (χ1n) is 5.60. The Balaban J connectivity index is 2.88. The highest BCUT2D eigenvalue weighted by Crippen LogP contribution is 2.24. The van der Waals surface area contributed by atoms with E-state index in [-0.39, 0.29) is 5.69 Å². The maximum Gasteiger partial charge on any atom is 0.344 e. The summed E-state index contributed by atoms with van der Waals surface area (Å²) in [4.78, 5) is 21.1. The van der Waals surface area contributed by atoms with Crippen LogP contribution in [-0.2, 0) is 4.79 Å². The van der Waals surface area contributed by atoms with E-state index in [2.05, 4.69) is 0 Å². The van der Waals surface area contributed by atoms with Gasteiger partial charge in [0.1, 0.15) is 5.75 Å². The van der Waals surface area contributed by atoms with E-state index in [0.29, 0.717) is 24.2 Å². The third-order valence-corrected chi connectivity index (χ3v) is 2.47. The van der Waals surface area contributed by atoms with E-state index in [1.54, 1.807) is 6.92 Å². The number of aliphatic carboxylic acids is 1. The van der Waals surface area contributed by atoms with E-state index in [9.17, 15) is 14.9 Å². The van der Waals surface area contributed by atoms with Crippen molar-refractivity contribution >= 4 is 11.7 Å². The number of benzene rings is 1. The Labute approximate surface area is 104 Å². The van der Waals surface area contributed by atoms with Gasteiger partial charge in [0.05, 0.1) is 4.92 Å². The maximum absolute atomic E-state index is 10.9.